The minimum Gasteiger partial charge on any atom is -0.444 e. The molecule has 2 fully saturated rings. The Morgan fingerprint density at radius 3 is 1.77 bits per heavy atom. The number of piperidine rings is 2. The number of hydrogen-bond acceptors (Lipinski definition) is 13. The number of ether oxygens (including phenoxy) is 1. The molecule has 0 aliphatic carbocycles. The van der Waals surface area contributed by atoms with Crippen LogP contribution in [0.5, 0.6) is 0 Å². The van der Waals surface area contributed by atoms with E-state index < -0.39 is 5.60 Å². The van der Waals surface area contributed by atoms with Crippen LogP contribution in [-0.2, 0) is 30.9 Å². The number of H-pyrrole nitrogens is 2. The quantitative estimate of drug-likeness (QED) is 0.0403. The van der Waals surface area contributed by atoms with Crippen molar-refractivity contribution in [3.63, 3.8) is 0 Å². The summed E-state index contributed by atoms with van der Waals surface area (Å²) in [4.78, 5) is 48.7. The first kappa shape index (κ1) is 54.7. The smallest absolute Gasteiger partial charge is 0.410 e. The number of rotatable bonds is 18. The number of carbonyl (C=O) groups is 1. The lowest BCUT2D eigenvalue weighted by atomic mass is 10.00. The predicted molar refractivity (Wildman–Crippen MR) is 282 cm³/mol. The fourth-order valence-corrected chi connectivity index (χ4v) is 9.26. The molecule has 8 rings (SSSR count). The highest BCUT2D eigenvalue weighted by molar-refractivity contribution is 6.31. The molecular weight excluding hydrogens is 1000 g/mol. The molecule has 1 amide bonds. The number of hydrogen-bond donors (Lipinski definition) is 7. The number of nitrogens with zero attached hydrogens (tertiary/aromatic N) is 7. The summed E-state index contributed by atoms with van der Waals surface area (Å²) in [6, 6.07) is 11.7. The van der Waals surface area contributed by atoms with E-state index in [1.54, 1.807) is 6.07 Å². The van der Waals surface area contributed by atoms with Crippen molar-refractivity contribution >= 4 is 98.3 Å². The Morgan fingerprint density at radius 2 is 1.26 bits per heavy atom. The molecule has 0 bridgehead atoms. The number of aromatic nitrogens is 8. The maximum Gasteiger partial charge on any atom is 0.410 e. The first-order valence-corrected chi connectivity index (χ1v) is 25.1. The molecule has 6 aromatic rings. The summed E-state index contributed by atoms with van der Waals surface area (Å²) < 4.78 is 8.60. The van der Waals surface area contributed by atoms with Gasteiger partial charge in [-0.3, -0.25) is 28.9 Å². The van der Waals surface area contributed by atoms with Gasteiger partial charge < -0.3 is 36.2 Å². The van der Waals surface area contributed by atoms with Gasteiger partial charge in [0, 0.05) is 91.8 Å². The van der Waals surface area contributed by atoms with E-state index in [4.69, 9.17) is 51.1 Å². The zero-order valence-corrected chi connectivity index (χ0v) is 43.5. The van der Waals surface area contributed by atoms with Crippen molar-refractivity contribution in [2.24, 2.45) is 0 Å². The SMILES string of the molecule is CC(C)(C)OC(=O)N1CCCCC1CCNc1ncc(Cl)n(CCNCc2[nH]nc3ccc(Cl)cc23)c1=O.Cl.O=c1c(NCCC2CCCCN2)ncc(Cl)n1CCNCc1[nH]nc2ccc(Cl)cc12. The van der Waals surface area contributed by atoms with Crippen molar-refractivity contribution < 1.29 is 9.53 Å². The number of aromatic amines is 2. The van der Waals surface area contributed by atoms with Gasteiger partial charge in [-0.25, -0.2) is 14.8 Å². The van der Waals surface area contributed by atoms with Crippen LogP contribution in [0.15, 0.2) is 58.4 Å². The van der Waals surface area contributed by atoms with Crippen LogP contribution in [0.3, 0.4) is 0 Å². The van der Waals surface area contributed by atoms with Gasteiger partial charge in [0.1, 0.15) is 15.9 Å². The van der Waals surface area contributed by atoms with E-state index in [1.807, 2.05) is 56.0 Å². The summed E-state index contributed by atoms with van der Waals surface area (Å²) in [6.07, 6.45) is 11.0. The van der Waals surface area contributed by atoms with E-state index in [9.17, 15) is 14.4 Å². The number of anilines is 2. The fraction of sp³-hybridized carbons (Fsp3) is 0.511. The maximum absolute atomic E-state index is 13.0. The highest BCUT2D eigenvalue weighted by Gasteiger charge is 2.30. The molecule has 0 saturated carbocycles. The second kappa shape index (κ2) is 26.2. The van der Waals surface area contributed by atoms with Crippen molar-refractivity contribution in [3.05, 3.63) is 101 Å². The van der Waals surface area contributed by atoms with Crippen molar-refractivity contribution in [2.45, 2.75) is 116 Å². The molecule has 4 aromatic heterocycles. The molecule has 0 radical (unpaired) electrons. The number of likely N-dealkylation sites (tertiary alicyclic amines) is 1. The van der Waals surface area contributed by atoms with Gasteiger partial charge >= 0.3 is 6.09 Å². The zero-order chi connectivity index (χ0) is 48.9. The summed E-state index contributed by atoms with van der Waals surface area (Å²) >= 11 is 24.7. The number of halogens is 5. The van der Waals surface area contributed by atoms with E-state index in [0.29, 0.717) is 92.4 Å². The molecule has 23 heteroatoms. The van der Waals surface area contributed by atoms with Gasteiger partial charge in [0.05, 0.1) is 34.8 Å². The molecule has 2 atom stereocenters. The summed E-state index contributed by atoms with van der Waals surface area (Å²) in [6.45, 7) is 11.6. The predicted octanol–water partition coefficient (Wildman–Crippen LogP) is 8.39. The lowest BCUT2D eigenvalue weighted by molar-refractivity contribution is 0.00928. The molecule has 70 heavy (non-hydrogen) atoms. The van der Waals surface area contributed by atoms with E-state index in [1.165, 1.54) is 40.8 Å². The van der Waals surface area contributed by atoms with E-state index >= 15 is 0 Å². The molecule has 2 aromatic carbocycles. The summed E-state index contributed by atoms with van der Waals surface area (Å²) in [5.74, 6) is 0.581. The third kappa shape index (κ3) is 15.2. The highest BCUT2D eigenvalue weighted by atomic mass is 35.5. The van der Waals surface area contributed by atoms with Gasteiger partial charge in [0.25, 0.3) is 11.1 Å². The Hall–Kier alpha value is -4.66. The minimum absolute atomic E-state index is 0. The van der Waals surface area contributed by atoms with Crippen LogP contribution >= 0.6 is 58.8 Å². The first-order valence-electron chi connectivity index (χ1n) is 23.6. The van der Waals surface area contributed by atoms with Crippen LogP contribution in [0.25, 0.3) is 21.8 Å². The maximum atomic E-state index is 13.0. The molecule has 18 nitrogen and oxygen atoms in total. The Balaban J connectivity index is 0.000000231. The first-order chi connectivity index (χ1) is 33.2. The fourth-order valence-electron chi connectivity index (χ4n) is 8.50. The number of fused-ring (bicyclic) bond motifs is 2. The minimum atomic E-state index is -0.537. The second-order valence-electron chi connectivity index (χ2n) is 18.3. The van der Waals surface area contributed by atoms with Crippen LogP contribution < -0.4 is 37.7 Å². The van der Waals surface area contributed by atoms with Crippen molar-refractivity contribution in [1.29, 1.82) is 0 Å². The highest BCUT2D eigenvalue weighted by Crippen LogP contribution is 2.24. The van der Waals surface area contributed by atoms with Gasteiger partial charge in [-0.05, 0) is 109 Å². The zero-order valence-electron chi connectivity index (χ0n) is 39.7. The van der Waals surface area contributed by atoms with Crippen molar-refractivity contribution in [1.82, 2.24) is 60.3 Å². The second-order valence-corrected chi connectivity index (χ2v) is 19.9. The average Bonchev–Trinajstić information content (AvgIpc) is 3.92. The number of carbonyl (C=O) groups excluding carboxylic acids is 1. The Kier molecular flexibility index (Phi) is 20.4. The summed E-state index contributed by atoms with van der Waals surface area (Å²) in [5.41, 5.74) is 2.55. The monoisotopic (exact) mass is 1060 g/mol. The largest absolute Gasteiger partial charge is 0.444 e. The Labute approximate surface area is 433 Å². The van der Waals surface area contributed by atoms with Crippen LogP contribution in [0.4, 0.5) is 16.4 Å². The Morgan fingerprint density at radius 1 is 0.729 bits per heavy atom. The van der Waals surface area contributed by atoms with Crippen LogP contribution in [0, 0.1) is 0 Å². The molecule has 0 spiro atoms. The third-order valence-electron chi connectivity index (χ3n) is 12.1. The van der Waals surface area contributed by atoms with Crippen molar-refractivity contribution in [3.8, 4) is 0 Å². The molecule has 2 saturated heterocycles. The molecule has 2 unspecified atom stereocenters. The van der Waals surface area contributed by atoms with Gasteiger partial charge in [0.2, 0.25) is 0 Å². The average molecular weight is 1070 g/mol. The third-order valence-corrected chi connectivity index (χ3v) is 13.1. The van der Waals surface area contributed by atoms with E-state index in [-0.39, 0.29) is 46.6 Å². The number of nitrogens with one attached hydrogen (secondary N) is 7. The van der Waals surface area contributed by atoms with Gasteiger partial charge in [-0.2, -0.15) is 10.2 Å². The van der Waals surface area contributed by atoms with Crippen LogP contribution in [-0.4, -0.2) is 107 Å². The van der Waals surface area contributed by atoms with Gasteiger partial charge in [0.15, 0.2) is 11.6 Å². The van der Waals surface area contributed by atoms with Crippen LogP contribution in [0.2, 0.25) is 20.4 Å². The molecule has 380 valence electrons. The van der Waals surface area contributed by atoms with Crippen LogP contribution in [0.1, 0.15) is 83.5 Å². The lowest BCUT2D eigenvalue weighted by Gasteiger charge is -2.36. The number of benzene rings is 2. The van der Waals surface area contributed by atoms with E-state index in [2.05, 4.69) is 56.9 Å². The topological polar surface area (TPSA) is 217 Å². The number of amides is 1. The molecule has 2 aliphatic rings. The lowest BCUT2D eigenvalue weighted by Crippen LogP contribution is -2.46. The van der Waals surface area contributed by atoms with Crippen molar-refractivity contribution in [2.75, 3.05) is 49.9 Å². The normalized spacial score (nSPS) is 16.1. The summed E-state index contributed by atoms with van der Waals surface area (Å²) in [5, 5.41) is 34.9. The Bertz CT molecular complexity index is 2770. The van der Waals surface area contributed by atoms with Gasteiger partial charge in [-0.1, -0.05) is 52.8 Å². The molecule has 6 heterocycles. The van der Waals surface area contributed by atoms with Gasteiger partial charge in [-0.15, -0.1) is 12.4 Å². The summed E-state index contributed by atoms with van der Waals surface area (Å²) in [7, 11) is 0. The molecular formula is C47H63Cl5N14O4. The molecule has 7 N–H and O–H groups in total. The molecule has 2 aliphatic heterocycles. The van der Waals surface area contributed by atoms with E-state index in [0.717, 1.165) is 65.4 Å². The standard InChI is InChI=1S/C26H35Cl2N7O3.C21H27Cl2N7O.ClH/c1-26(2,3)38-25(37)34-12-5-4-6-18(34)9-10-30-23-24(36)35(22(28)16-31-23)13-11-29-15-21-19-14-17(27)7-8-20(19)32-33-21;22-14-4-5-17-16(11-14)18(29-28-17)12-24-9-10-30-19(23)13-27-20(21(30)31)26-8-6-15-3-1-2-7-25-15;/h7-8,14,16,18,29H,4-6,9-13,15H2,1-3H3,(H,30,31)(H,32,33);4-5,11,13,15,24-25H,1-3,6-10,12H2,(H,26,27)(H,28,29);1H.